The van der Waals surface area contributed by atoms with Crippen LogP contribution in [0.3, 0.4) is 0 Å². The molecule has 0 fully saturated rings. The summed E-state index contributed by atoms with van der Waals surface area (Å²) in [6.07, 6.45) is 3.45. The number of aryl methyl sites for hydroxylation is 2. The summed E-state index contributed by atoms with van der Waals surface area (Å²) >= 11 is 0. The zero-order chi connectivity index (χ0) is 11.3. The number of aromatic nitrogens is 1. The lowest BCUT2D eigenvalue weighted by Crippen LogP contribution is -2.10. The number of rotatable bonds is 4. The van der Waals surface area contributed by atoms with Gasteiger partial charge in [-0.3, -0.25) is 4.98 Å². The molecule has 0 bridgehead atoms. The number of nitrogens with zero attached hydrogens (tertiary/aromatic N) is 1. The van der Waals surface area contributed by atoms with Gasteiger partial charge >= 0.3 is 5.97 Å². The zero-order valence-electron chi connectivity index (χ0n) is 9.54. The van der Waals surface area contributed by atoms with Crippen LogP contribution >= 0.6 is 0 Å². The van der Waals surface area contributed by atoms with E-state index in [1.54, 1.807) is 6.92 Å². The second-order valence-corrected chi connectivity index (χ2v) is 3.27. The van der Waals surface area contributed by atoms with E-state index in [9.17, 15) is 4.79 Å². The molecule has 0 unspecified atom stereocenters. The van der Waals surface area contributed by atoms with Crippen molar-refractivity contribution in [3.63, 3.8) is 0 Å². The molecule has 1 aromatic heterocycles. The second-order valence-electron chi connectivity index (χ2n) is 3.27. The molecule has 0 N–H and O–H groups in total. The molecular formula is C12H17NO2. The predicted molar refractivity (Wildman–Crippen MR) is 58.9 cm³/mol. The highest BCUT2D eigenvalue weighted by atomic mass is 16.5. The summed E-state index contributed by atoms with van der Waals surface area (Å²) in [5, 5.41) is 0. The molecule has 0 aliphatic carbocycles. The van der Waals surface area contributed by atoms with E-state index in [4.69, 9.17) is 4.74 Å². The molecule has 0 aliphatic rings. The highest BCUT2D eigenvalue weighted by Gasteiger charge is 2.12. The number of carbonyl (C=O) groups is 1. The highest BCUT2D eigenvalue weighted by molar-refractivity contribution is 5.90. The Balaban J connectivity index is 3.05. The number of pyridine rings is 1. The monoisotopic (exact) mass is 207 g/mol. The van der Waals surface area contributed by atoms with Crippen LogP contribution in [0.25, 0.3) is 0 Å². The van der Waals surface area contributed by atoms with E-state index >= 15 is 0 Å². The van der Waals surface area contributed by atoms with E-state index in [0.29, 0.717) is 12.2 Å². The first kappa shape index (κ1) is 11.7. The smallest absolute Gasteiger partial charge is 0.339 e. The van der Waals surface area contributed by atoms with Gasteiger partial charge in [-0.1, -0.05) is 13.8 Å². The Hall–Kier alpha value is -1.38. The van der Waals surface area contributed by atoms with Crippen LogP contribution in [-0.4, -0.2) is 17.6 Å². The van der Waals surface area contributed by atoms with Crippen LogP contribution in [0.15, 0.2) is 12.3 Å². The van der Waals surface area contributed by atoms with Gasteiger partial charge in [0.05, 0.1) is 17.9 Å². The van der Waals surface area contributed by atoms with Crippen molar-refractivity contribution >= 4 is 5.97 Å². The number of ether oxygens (including phenoxy) is 1. The minimum absolute atomic E-state index is 0.267. The molecule has 1 aromatic rings. The first-order valence-corrected chi connectivity index (χ1v) is 5.37. The van der Waals surface area contributed by atoms with Crippen molar-refractivity contribution < 1.29 is 9.53 Å². The third-order valence-corrected chi connectivity index (χ3v) is 2.27. The molecule has 0 aliphatic heterocycles. The highest BCUT2D eigenvalue weighted by Crippen LogP contribution is 2.11. The van der Waals surface area contributed by atoms with Gasteiger partial charge in [-0.15, -0.1) is 0 Å². The van der Waals surface area contributed by atoms with Crippen LogP contribution in [-0.2, 0) is 17.6 Å². The van der Waals surface area contributed by atoms with Gasteiger partial charge in [0, 0.05) is 6.20 Å². The lowest BCUT2D eigenvalue weighted by atomic mass is 10.1. The van der Waals surface area contributed by atoms with Crippen molar-refractivity contribution in [3.8, 4) is 0 Å². The molecule has 0 amide bonds. The Morgan fingerprint density at radius 3 is 2.60 bits per heavy atom. The Bertz CT molecular complexity index is 347. The van der Waals surface area contributed by atoms with Crippen molar-refractivity contribution in [1.82, 2.24) is 4.98 Å². The zero-order valence-corrected chi connectivity index (χ0v) is 9.54. The summed E-state index contributed by atoms with van der Waals surface area (Å²) in [5.41, 5.74) is 2.49. The van der Waals surface area contributed by atoms with Gasteiger partial charge in [-0.05, 0) is 31.4 Å². The van der Waals surface area contributed by atoms with E-state index in [-0.39, 0.29) is 5.97 Å². The first-order valence-electron chi connectivity index (χ1n) is 5.37. The standard InChI is InChI=1S/C12H17NO2/c1-4-9-7-10(12(14)15-6-3)11(5-2)13-8-9/h7-8H,4-6H2,1-3H3. The summed E-state index contributed by atoms with van der Waals surface area (Å²) in [7, 11) is 0. The maximum absolute atomic E-state index is 11.6. The molecule has 0 aromatic carbocycles. The van der Waals surface area contributed by atoms with Crippen LogP contribution in [0.1, 0.15) is 42.4 Å². The Morgan fingerprint density at radius 2 is 2.07 bits per heavy atom. The van der Waals surface area contributed by atoms with Crippen LogP contribution in [0.2, 0.25) is 0 Å². The fraction of sp³-hybridized carbons (Fsp3) is 0.500. The Morgan fingerprint density at radius 1 is 1.33 bits per heavy atom. The number of esters is 1. The summed E-state index contributed by atoms with van der Waals surface area (Å²) in [6.45, 7) is 6.23. The van der Waals surface area contributed by atoms with Gasteiger partial charge in [-0.25, -0.2) is 4.79 Å². The summed E-state index contributed by atoms with van der Waals surface area (Å²) in [6, 6.07) is 1.88. The van der Waals surface area contributed by atoms with Crippen LogP contribution in [0.4, 0.5) is 0 Å². The van der Waals surface area contributed by atoms with Crippen molar-refractivity contribution in [3.05, 3.63) is 29.1 Å². The first-order chi connectivity index (χ1) is 7.22. The minimum atomic E-state index is -0.267. The topological polar surface area (TPSA) is 39.2 Å². The fourth-order valence-corrected chi connectivity index (χ4v) is 1.40. The minimum Gasteiger partial charge on any atom is -0.462 e. The molecule has 0 saturated heterocycles. The molecule has 0 saturated carbocycles. The fourth-order valence-electron chi connectivity index (χ4n) is 1.40. The molecule has 82 valence electrons. The van der Waals surface area contributed by atoms with E-state index in [1.165, 1.54) is 0 Å². The van der Waals surface area contributed by atoms with Crippen molar-refractivity contribution in [1.29, 1.82) is 0 Å². The molecule has 1 heterocycles. The molecule has 3 nitrogen and oxygen atoms in total. The second kappa shape index (κ2) is 5.49. The number of carbonyl (C=O) groups excluding carboxylic acids is 1. The van der Waals surface area contributed by atoms with E-state index in [0.717, 1.165) is 24.1 Å². The predicted octanol–water partition coefficient (Wildman–Crippen LogP) is 2.38. The van der Waals surface area contributed by atoms with Gasteiger partial charge in [-0.2, -0.15) is 0 Å². The third-order valence-electron chi connectivity index (χ3n) is 2.27. The van der Waals surface area contributed by atoms with E-state index in [1.807, 2.05) is 26.1 Å². The SMILES string of the molecule is CCOC(=O)c1cc(CC)cnc1CC. The van der Waals surface area contributed by atoms with Gasteiger partial charge in [0.25, 0.3) is 0 Å². The Kier molecular flexibility index (Phi) is 4.28. The largest absolute Gasteiger partial charge is 0.462 e. The Labute approximate surface area is 90.5 Å². The van der Waals surface area contributed by atoms with Crippen LogP contribution < -0.4 is 0 Å². The average molecular weight is 207 g/mol. The molecule has 15 heavy (non-hydrogen) atoms. The number of hydrogen-bond donors (Lipinski definition) is 0. The maximum atomic E-state index is 11.6. The lowest BCUT2D eigenvalue weighted by molar-refractivity contribution is 0.0524. The lowest BCUT2D eigenvalue weighted by Gasteiger charge is -2.07. The third kappa shape index (κ3) is 2.78. The quantitative estimate of drug-likeness (QED) is 0.711. The molecule has 0 spiro atoms. The summed E-state index contributed by atoms with van der Waals surface area (Å²) < 4.78 is 4.99. The molecular weight excluding hydrogens is 190 g/mol. The van der Waals surface area contributed by atoms with Crippen LogP contribution in [0.5, 0.6) is 0 Å². The summed E-state index contributed by atoms with van der Waals surface area (Å²) in [4.78, 5) is 15.9. The van der Waals surface area contributed by atoms with Crippen molar-refractivity contribution in [2.75, 3.05) is 6.61 Å². The molecule has 1 rings (SSSR count). The maximum Gasteiger partial charge on any atom is 0.339 e. The normalized spacial score (nSPS) is 10.1. The molecule has 0 radical (unpaired) electrons. The molecule has 0 atom stereocenters. The van der Waals surface area contributed by atoms with Gasteiger partial charge in [0.2, 0.25) is 0 Å². The summed E-state index contributed by atoms with van der Waals surface area (Å²) in [5.74, 6) is -0.267. The van der Waals surface area contributed by atoms with Crippen LogP contribution in [0, 0.1) is 0 Å². The van der Waals surface area contributed by atoms with E-state index < -0.39 is 0 Å². The van der Waals surface area contributed by atoms with Gasteiger partial charge in [0.15, 0.2) is 0 Å². The van der Waals surface area contributed by atoms with Gasteiger partial charge in [0.1, 0.15) is 0 Å². The average Bonchev–Trinajstić information content (AvgIpc) is 2.28. The van der Waals surface area contributed by atoms with Gasteiger partial charge < -0.3 is 4.74 Å². The van der Waals surface area contributed by atoms with Crippen molar-refractivity contribution in [2.45, 2.75) is 33.6 Å². The van der Waals surface area contributed by atoms with Crippen molar-refractivity contribution in [2.24, 2.45) is 0 Å². The van der Waals surface area contributed by atoms with E-state index in [2.05, 4.69) is 4.98 Å². The number of hydrogen-bond acceptors (Lipinski definition) is 3. The molecule has 3 heteroatoms.